The SMILES string of the molecule is CCn1nnnc1-c1ccc(C(C)(c2ccc(OCc3ccccn3)cc2)C(C)C)cc1. The van der Waals surface area contributed by atoms with E-state index in [4.69, 9.17) is 4.74 Å². The van der Waals surface area contributed by atoms with Gasteiger partial charge in [-0.05, 0) is 58.7 Å². The Kier molecular flexibility index (Phi) is 6.30. The number of tetrazole rings is 1. The van der Waals surface area contributed by atoms with Gasteiger partial charge in [0.2, 0.25) is 0 Å². The number of benzene rings is 2. The molecule has 0 N–H and O–H groups in total. The molecule has 32 heavy (non-hydrogen) atoms. The second-order valence-corrected chi connectivity index (χ2v) is 8.39. The minimum atomic E-state index is -0.144. The highest BCUT2D eigenvalue weighted by molar-refractivity contribution is 5.56. The molecule has 1 atom stereocenters. The van der Waals surface area contributed by atoms with Gasteiger partial charge in [0, 0.05) is 23.7 Å². The second-order valence-electron chi connectivity index (χ2n) is 8.39. The molecule has 2 aromatic heterocycles. The van der Waals surface area contributed by atoms with Crippen molar-refractivity contribution in [3.63, 3.8) is 0 Å². The molecule has 4 rings (SSSR count). The monoisotopic (exact) mass is 427 g/mol. The Morgan fingerprint density at radius 1 is 0.938 bits per heavy atom. The number of aryl methyl sites for hydroxylation is 1. The first-order valence-electron chi connectivity index (χ1n) is 11.0. The van der Waals surface area contributed by atoms with E-state index in [-0.39, 0.29) is 5.41 Å². The van der Waals surface area contributed by atoms with Crippen molar-refractivity contribution in [3.05, 3.63) is 89.7 Å². The van der Waals surface area contributed by atoms with E-state index in [1.165, 1.54) is 11.1 Å². The third-order valence-corrected chi connectivity index (χ3v) is 6.30. The summed E-state index contributed by atoms with van der Waals surface area (Å²) < 4.78 is 7.73. The van der Waals surface area contributed by atoms with Gasteiger partial charge in [-0.3, -0.25) is 4.98 Å². The lowest BCUT2D eigenvalue weighted by Gasteiger charge is -2.35. The first-order chi connectivity index (χ1) is 15.5. The van der Waals surface area contributed by atoms with Crippen LogP contribution in [-0.2, 0) is 18.6 Å². The molecule has 6 nitrogen and oxygen atoms in total. The zero-order valence-electron chi connectivity index (χ0n) is 19.1. The Hall–Kier alpha value is -3.54. The molecular weight excluding hydrogens is 398 g/mol. The van der Waals surface area contributed by atoms with Gasteiger partial charge in [0.15, 0.2) is 5.82 Å². The normalized spacial score (nSPS) is 13.2. The molecule has 6 heteroatoms. The van der Waals surface area contributed by atoms with Crippen LogP contribution in [0.15, 0.2) is 72.9 Å². The highest BCUT2D eigenvalue weighted by atomic mass is 16.5. The van der Waals surface area contributed by atoms with Gasteiger partial charge in [-0.1, -0.05) is 63.2 Å². The maximum Gasteiger partial charge on any atom is 0.181 e. The fourth-order valence-corrected chi connectivity index (χ4v) is 3.96. The first-order valence-corrected chi connectivity index (χ1v) is 11.0. The van der Waals surface area contributed by atoms with Crippen LogP contribution in [0.3, 0.4) is 0 Å². The second kappa shape index (κ2) is 9.30. The van der Waals surface area contributed by atoms with E-state index >= 15 is 0 Å². The molecule has 0 amide bonds. The summed E-state index contributed by atoms with van der Waals surface area (Å²) in [5.41, 5.74) is 4.30. The molecule has 164 valence electrons. The van der Waals surface area contributed by atoms with Gasteiger partial charge in [0.1, 0.15) is 12.4 Å². The van der Waals surface area contributed by atoms with Crippen molar-refractivity contribution < 1.29 is 4.74 Å². The molecule has 2 heterocycles. The summed E-state index contributed by atoms with van der Waals surface area (Å²) in [6.07, 6.45) is 1.78. The molecular formula is C26H29N5O. The molecule has 0 saturated carbocycles. The minimum absolute atomic E-state index is 0.144. The maximum atomic E-state index is 5.92. The molecule has 0 bridgehead atoms. The quantitative estimate of drug-likeness (QED) is 0.382. The fourth-order valence-electron chi connectivity index (χ4n) is 3.96. The highest BCUT2D eigenvalue weighted by Crippen LogP contribution is 2.40. The van der Waals surface area contributed by atoms with E-state index in [9.17, 15) is 0 Å². The van der Waals surface area contributed by atoms with E-state index in [1.54, 1.807) is 10.9 Å². The Bertz CT molecular complexity index is 1140. The van der Waals surface area contributed by atoms with Gasteiger partial charge in [0.25, 0.3) is 0 Å². The van der Waals surface area contributed by atoms with Crippen LogP contribution in [0.1, 0.15) is 44.5 Å². The van der Waals surface area contributed by atoms with E-state index in [2.05, 4.69) is 77.7 Å². The lowest BCUT2D eigenvalue weighted by molar-refractivity contribution is 0.301. The summed E-state index contributed by atoms with van der Waals surface area (Å²) in [5, 5.41) is 12.0. The van der Waals surface area contributed by atoms with Gasteiger partial charge < -0.3 is 4.74 Å². The summed E-state index contributed by atoms with van der Waals surface area (Å²) >= 11 is 0. The summed E-state index contributed by atoms with van der Waals surface area (Å²) in [6.45, 7) is 10.1. The Labute approximate surface area is 189 Å². The van der Waals surface area contributed by atoms with E-state index in [0.717, 1.165) is 29.4 Å². The molecule has 2 aromatic carbocycles. The van der Waals surface area contributed by atoms with Crippen LogP contribution in [0.25, 0.3) is 11.4 Å². The van der Waals surface area contributed by atoms with Gasteiger partial charge in [-0.15, -0.1) is 5.10 Å². The number of ether oxygens (including phenoxy) is 1. The molecule has 1 unspecified atom stereocenters. The van der Waals surface area contributed by atoms with Crippen LogP contribution < -0.4 is 4.74 Å². The molecule has 0 spiro atoms. The summed E-state index contributed by atoms with van der Waals surface area (Å²) in [4.78, 5) is 4.31. The van der Waals surface area contributed by atoms with Crippen LogP contribution in [-0.4, -0.2) is 25.2 Å². The molecule has 4 aromatic rings. The molecule has 0 aliphatic rings. The molecule has 0 saturated heterocycles. The van der Waals surface area contributed by atoms with Crippen LogP contribution in [0, 0.1) is 5.92 Å². The van der Waals surface area contributed by atoms with Crippen molar-refractivity contribution in [1.29, 1.82) is 0 Å². The average Bonchev–Trinajstić information content (AvgIpc) is 3.32. The van der Waals surface area contributed by atoms with Crippen molar-refractivity contribution in [2.75, 3.05) is 0 Å². The van der Waals surface area contributed by atoms with Crippen molar-refractivity contribution in [1.82, 2.24) is 25.2 Å². The standard InChI is InChI=1S/C26H29N5O/c1-5-31-25(28-29-30-31)20-9-11-21(12-10-20)26(4,19(2)3)22-13-15-24(16-14-22)32-18-23-8-6-7-17-27-23/h6-17,19H,5,18H2,1-4H3. The van der Waals surface area contributed by atoms with E-state index in [0.29, 0.717) is 12.5 Å². The van der Waals surface area contributed by atoms with Crippen LogP contribution in [0.4, 0.5) is 0 Å². The number of hydrogen-bond donors (Lipinski definition) is 0. The van der Waals surface area contributed by atoms with Crippen molar-refractivity contribution in [3.8, 4) is 17.1 Å². The predicted octanol–water partition coefficient (Wildman–Crippen LogP) is 5.30. The van der Waals surface area contributed by atoms with Crippen molar-refractivity contribution in [2.24, 2.45) is 5.92 Å². The van der Waals surface area contributed by atoms with Crippen LogP contribution in [0.2, 0.25) is 0 Å². The third-order valence-electron chi connectivity index (χ3n) is 6.30. The highest BCUT2D eigenvalue weighted by Gasteiger charge is 2.32. The predicted molar refractivity (Wildman–Crippen MR) is 125 cm³/mol. The topological polar surface area (TPSA) is 65.7 Å². The van der Waals surface area contributed by atoms with Crippen LogP contribution in [0.5, 0.6) is 5.75 Å². The molecule has 0 aliphatic heterocycles. The lowest BCUT2D eigenvalue weighted by Crippen LogP contribution is -2.30. The maximum absolute atomic E-state index is 5.92. The third kappa shape index (κ3) is 4.26. The molecule has 0 fully saturated rings. The zero-order chi connectivity index (χ0) is 22.6. The summed E-state index contributed by atoms with van der Waals surface area (Å²) in [7, 11) is 0. The smallest absolute Gasteiger partial charge is 0.181 e. The van der Waals surface area contributed by atoms with Crippen LogP contribution >= 0.6 is 0 Å². The van der Waals surface area contributed by atoms with Gasteiger partial charge in [-0.25, -0.2) is 4.68 Å². The van der Waals surface area contributed by atoms with Crippen molar-refractivity contribution in [2.45, 2.75) is 46.3 Å². The number of aromatic nitrogens is 5. The van der Waals surface area contributed by atoms with Gasteiger partial charge >= 0.3 is 0 Å². The number of pyridine rings is 1. The zero-order valence-corrected chi connectivity index (χ0v) is 19.1. The largest absolute Gasteiger partial charge is 0.487 e. The Morgan fingerprint density at radius 3 is 2.22 bits per heavy atom. The van der Waals surface area contributed by atoms with Gasteiger partial charge in [0.05, 0.1) is 5.69 Å². The van der Waals surface area contributed by atoms with Gasteiger partial charge in [-0.2, -0.15) is 0 Å². The number of nitrogens with zero attached hydrogens (tertiary/aromatic N) is 5. The Morgan fingerprint density at radius 2 is 1.62 bits per heavy atom. The minimum Gasteiger partial charge on any atom is -0.487 e. The summed E-state index contributed by atoms with van der Waals surface area (Å²) in [5.74, 6) is 2.03. The Balaban J connectivity index is 1.56. The van der Waals surface area contributed by atoms with E-state index in [1.807, 2.05) is 37.3 Å². The number of hydrogen-bond acceptors (Lipinski definition) is 5. The molecule has 0 aliphatic carbocycles. The average molecular weight is 428 g/mol. The molecule has 0 radical (unpaired) electrons. The summed E-state index contributed by atoms with van der Waals surface area (Å²) in [6, 6.07) is 22.9. The van der Waals surface area contributed by atoms with E-state index < -0.39 is 0 Å². The fraction of sp³-hybridized carbons (Fsp3) is 0.308. The van der Waals surface area contributed by atoms with Crippen molar-refractivity contribution >= 4 is 0 Å². The number of rotatable bonds is 8. The lowest BCUT2D eigenvalue weighted by atomic mass is 9.68. The first kappa shape index (κ1) is 21.7.